The molecule has 1 aliphatic heterocycles. The second-order valence-electron chi connectivity index (χ2n) is 2.88. The summed E-state index contributed by atoms with van der Waals surface area (Å²) in [6.07, 6.45) is -1.25. The fraction of sp³-hybridized carbons (Fsp3) is 1.00. The minimum Gasteiger partial charge on any atom is -0.388 e. The number of nitrogens with two attached hydrogens (primary N) is 1. The molecule has 3 N–H and O–H groups in total. The summed E-state index contributed by atoms with van der Waals surface area (Å²) in [7, 11) is 0. The van der Waals surface area contributed by atoms with Crippen LogP contribution in [0.5, 0.6) is 0 Å². The topological polar surface area (TPSA) is 64.7 Å². The van der Waals surface area contributed by atoms with E-state index in [1.807, 2.05) is 0 Å². The Labute approximate surface area is 70.4 Å². The molecule has 12 heavy (non-hydrogen) atoms. The molecule has 0 aliphatic carbocycles. The van der Waals surface area contributed by atoms with E-state index in [-0.39, 0.29) is 18.8 Å². The van der Waals surface area contributed by atoms with Crippen LogP contribution in [-0.2, 0) is 9.47 Å². The quantitative estimate of drug-likeness (QED) is 0.584. The van der Waals surface area contributed by atoms with Crippen molar-refractivity contribution >= 4 is 0 Å². The molecule has 0 bridgehead atoms. The summed E-state index contributed by atoms with van der Waals surface area (Å²) in [5.74, 6) is 0. The molecule has 0 aromatic carbocycles. The van der Waals surface area contributed by atoms with Gasteiger partial charge in [-0.2, -0.15) is 0 Å². The van der Waals surface area contributed by atoms with Gasteiger partial charge in [0.15, 0.2) is 0 Å². The first-order valence-corrected chi connectivity index (χ1v) is 3.93. The number of hydrogen-bond acceptors (Lipinski definition) is 4. The van der Waals surface area contributed by atoms with Crippen molar-refractivity contribution in [2.45, 2.75) is 18.2 Å². The molecule has 1 rings (SSSR count). The Morgan fingerprint density at radius 1 is 1.67 bits per heavy atom. The molecular weight excluding hydrogens is 165 g/mol. The molecule has 3 atom stereocenters. The second-order valence-corrected chi connectivity index (χ2v) is 2.88. The molecule has 0 spiro atoms. The lowest BCUT2D eigenvalue weighted by molar-refractivity contribution is -0.0229. The lowest BCUT2D eigenvalue weighted by Crippen LogP contribution is -2.37. The van der Waals surface area contributed by atoms with Crippen molar-refractivity contribution in [3.05, 3.63) is 0 Å². The van der Waals surface area contributed by atoms with Crippen molar-refractivity contribution in [1.29, 1.82) is 0 Å². The summed E-state index contributed by atoms with van der Waals surface area (Å²) in [5.41, 5.74) is 5.58. The minimum atomic E-state index is -1.04. The van der Waals surface area contributed by atoms with Crippen molar-refractivity contribution in [2.24, 2.45) is 5.73 Å². The molecule has 1 heterocycles. The van der Waals surface area contributed by atoms with Crippen LogP contribution >= 0.6 is 0 Å². The SMILES string of the molecule is N[C@@H]1COC[C@H]1OCC(O)CF. The van der Waals surface area contributed by atoms with Crippen LogP contribution in [0.2, 0.25) is 0 Å². The van der Waals surface area contributed by atoms with Crippen LogP contribution in [0.4, 0.5) is 4.39 Å². The third-order valence-electron chi connectivity index (χ3n) is 1.75. The number of hydrogen-bond donors (Lipinski definition) is 2. The van der Waals surface area contributed by atoms with Gasteiger partial charge in [0.25, 0.3) is 0 Å². The van der Waals surface area contributed by atoms with E-state index in [1.54, 1.807) is 0 Å². The van der Waals surface area contributed by atoms with E-state index < -0.39 is 12.8 Å². The van der Waals surface area contributed by atoms with Crippen LogP contribution in [-0.4, -0.2) is 49.9 Å². The number of alkyl halides is 1. The van der Waals surface area contributed by atoms with E-state index in [1.165, 1.54) is 0 Å². The van der Waals surface area contributed by atoms with Gasteiger partial charge in [-0.15, -0.1) is 0 Å². The molecule has 0 radical (unpaired) electrons. The normalized spacial score (nSPS) is 32.2. The van der Waals surface area contributed by atoms with Crippen molar-refractivity contribution in [3.63, 3.8) is 0 Å². The Morgan fingerprint density at radius 3 is 2.92 bits per heavy atom. The van der Waals surface area contributed by atoms with E-state index in [0.29, 0.717) is 13.2 Å². The number of halogens is 1. The second kappa shape index (κ2) is 4.71. The Balaban J connectivity index is 2.13. The zero-order chi connectivity index (χ0) is 8.97. The molecule has 1 saturated heterocycles. The van der Waals surface area contributed by atoms with Gasteiger partial charge in [-0.05, 0) is 0 Å². The molecule has 72 valence electrons. The Morgan fingerprint density at radius 2 is 2.42 bits per heavy atom. The fourth-order valence-corrected chi connectivity index (χ4v) is 1.00. The first-order valence-electron chi connectivity index (χ1n) is 3.93. The summed E-state index contributed by atoms with van der Waals surface area (Å²) in [6, 6.07) is -0.156. The summed E-state index contributed by atoms with van der Waals surface area (Å²) in [6.45, 7) is 0.0948. The van der Waals surface area contributed by atoms with E-state index in [2.05, 4.69) is 0 Å². The van der Waals surface area contributed by atoms with Gasteiger partial charge >= 0.3 is 0 Å². The van der Waals surface area contributed by atoms with E-state index in [0.717, 1.165) is 0 Å². The highest BCUT2D eigenvalue weighted by Gasteiger charge is 2.25. The van der Waals surface area contributed by atoms with Crippen LogP contribution in [0.15, 0.2) is 0 Å². The summed E-state index contributed by atoms with van der Waals surface area (Å²) in [5, 5.41) is 8.82. The molecule has 0 amide bonds. The predicted octanol–water partition coefficient (Wildman–Crippen LogP) is -0.940. The molecule has 1 fully saturated rings. The Kier molecular flexibility index (Phi) is 3.87. The first-order chi connectivity index (χ1) is 5.74. The maximum absolute atomic E-state index is 11.8. The van der Waals surface area contributed by atoms with Gasteiger partial charge in [0.1, 0.15) is 12.8 Å². The number of aliphatic hydroxyl groups excluding tert-OH is 1. The average Bonchev–Trinajstić information content (AvgIpc) is 2.47. The van der Waals surface area contributed by atoms with Crippen molar-refractivity contribution < 1.29 is 19.0 Å². The summed E-state index contributed by atoms with van der Waals surface area (Å²) in [4.78, 5) is 0. The summed E-state index contributed by atoms with van der Waals surface area (Å²) < 4.78 is 21.9. The smallest absolute Gasteiger partial charge is 0.118 e. The molecule has 5 heteroatoms. The standard InChI is InChI=1S/C7H14FNO3/c8-1-5(10)2-12-7-4-11-3-6(7)9/h5-7,10H,1-4,9H2/t5?,6-,7-/m1/s1. The minimum absolute atomic E-state index is 0.0156. The zero-order valence-electron chi connectivity index (χ0n) is 6.78. The van der Waals surface area contributed by atoms with E-state index >= 15 is 0 Å². The third-order valence-corrected chi connectivity index (χ3v) is 1.75. The Hall–Kier alpha value is -0.230. The van der Waals surface area contributed by atoms with Gasteiger partial charge in [0, 0.05) is 0 Å². The first kappa shape index (κ1) is 9.85. The van der Waals surface area contributed by atoms with Gasteiger partial charge in [-0.3, -0.25) is 0 Å². The lowest BCUT2D eigenvalue weighted by Gasteiger charge is -2.15. The van der Waals surface area contributed by atoms with E-state index in [9.17, 15) is 4.39 Å². The van der Waals surface area contributed by atoms with Crippen molar-refractivity contribution in [2.75, 3.05) is 26.5 Å². The van der Waals surface area contributed by atoms with Gasteiger partial charge in [-0.1, -0.05) is 0 Å². The molecule has 1 aliphatic rings. The highest BCUT2D eigenvalue weighted by Crippen LogP contribution is 2.07. The van der Waals surface area contributed by atoms with E-state index in [4.69, 9.17) is 20.3 Å². The van der Waals surface area contributed by atoms with Crippen LogP contribution < -0.4 is 5.73 Å². The fourth-order valence-electron chi connectivity index (χ4n) is 1.00. The van der Waals surface area contributed by atoms with Crippen molar-refractivity contribution in [1.82, 2.24) is 0 Å². The highest BCUT2D eigenvalue weighted by atomic mass is 19.1. The van der Waals surface area contributed by atoms with Crippen molar-refractivity contribution in [3.8, 4) is 0 Å². The average molecular weight is 179 g/mol. The maximum Gasteiger partial charge on any atom is 0.118 e. The van der Waals surface area contributed by atoms with Crippen LogP contribution in [0, 0.1) is 0 Å². The third kappa shape index (κ3) is 2.67. The lowest BCUT2D eigenvalue weighted by atomic mass is 10.2. The maximum atomic E-state index is 11.8. The molecular formula is C7H14FNO3. The van der Waals surface area contributed by atoms with Crippen LogP contribution in [0.1, 0.15) is 0 Å². The van der Waals surface area contributed by atoms with Crippen LogP contribution in [0.25, 0.3) is 0 Å². The molecule has 0 aromatic rings. The number of rotatable bonds is 4. The van der Waals surface area contributed by atoms with Gasteiger partial charge < -0.3 is 20.3 Å². The molecule has 1 unspecified atom stereocenters. The van der Waals surface area contributed by atoms with Gasteiger partial charge in [0.05, 0.1) is 32.0 Å². The van der Waals surface area contributed by atoms with Gasteiger partial charge in [-0.25, -0.2) is 4.39 Å². The van der Waals surface area contributed by atoms with Gasteiger partial charge in [0.2, 0.25) is 0 Å². The summed E-state index contributed by atoms with van der Waals surface area (Å²) >= 11 is 0. The monoisotopic (exact) mass is 179 g/mol. The molecule has 4 nitrogen and oxygen atoms in total. The highest BCUT2D eigenvalue weighted by molar-refractivity contribution is 4.78. The zero-order valence-corrected chi connectivity index (χ0v) is 6.78. The Bertz CT molecular complexity index is 136. The van der Waals surface area contributed by atoms with Crippen LogP contribution in [0.3, 0.4) is 0 Å². The molecule has 0 aromatic heterocycles. The largest absolute Gasteiger partial charge is 0.388 e. The molecule has 0 saturated carbocycles. The number of aliphatic hydroxyl groups is 1. The number of ether oxygens (including phenoxy) is 2. The predicted molar refractivity (Wildman–Crippen MR) is 40.5 cm³/mol.